The zero-order valence-corrected chi connectivity index (χ0v) is 19.7. The van der Waals surface area contributed by atoms with Crippen molar-refractivity contribution in [2.45, 2.75) is 57.5 Å². The molecule has 162 valence electrons. The average Bonchev–Trinajstić information content (AvgIpc) is 3.21. The molecular formula is C20H38IN5O2. The van der Waals surface area contributed by atoms with Crippen LogP contribution in [-0.2, 0) is 4.79 Å². The summed E-state index contributed by atoms with van der Waals surface area (Å²) in [6.45, 7) is 9.31. The molecule has 8 heteroatoms. The van der Waals surface area contributed by atoms with E-state index in [1.807, 2.05) is 4.90 Å². The molecule has 2 saturated heterocycles. The van der Waals surface area contributed by atoms with Crippen LogP contribution in [0.3, 0.4) is 0 Å². The summed E-state index contributed by atoms with van der Waals surface area (Å²) >= 11 is 0. The number of hydrogen-bond donors (Lipinski definition) is 2. The van der Waals surface area contributed by atoms with Crippen molar-refractivity contribution in [1.29, 1.82) is 0 Å². The van der Waals surface area contributed by atoms with Gasteiger partial charge in [-0.1, -0.05) is 19.3 Å². The molecule has 1 saturated carbocycles. The third kappa shape index (κ3) is 6.73. The molecule has 1 aliphatic carbocycles. The Morgan fingerprint density at radius 1 is 0.964 bits per heavy atom. The van der Waals surface area contributed by atoms with Crippen molar-refractivity contribution in [3.8, 4) is 0 Å². The number of piperazine rings is 1. The zero-order chi connectivity index (χ0) is 19.1. The zero-order valence-electron chi connectivity index (χ0n) is 17.4. The van der Waals surface area contributed by atoms with Crippen LogP contribution in [0.5, 0.6) is 0 Å². The molecule has 7 nitrogen and oxygen atoms in total. The highest BCUT2D eigenvalue weighted by atomic mass is 127. The number of hydrogen-bond acceptors (Lipinski definition) is 4. The molecule has 3 fully saturated rings. The Labute approximate surface area is 186 Å². The molecule has 0 atom stereocenters. The number of carbonyl (C=O) groups excluding carboxylic acids is 1. The lowest BCUT2D eigenvalue weighted by atomic mass is 9.85. The SMILES string of the molecule is CCNC(=NCC1(O)CCCCC1)N1CCN(CC(=O)N2CCCC2)CC1.I. The van der Waals surface area contributed by atoms with E-state index in [1.54, 1.807) is 0 Å². The summed E-state index contributed by atoms with van der Waals surface area (Å²) in [5.74, 6) is 1.18. The number of halogens is 1. The normalized spacial score (nSPS) is 23.4. The Bertz CT molecular complexity index is 511. The molecule has 2 aliphatic heterocycles. The van der Waals surface area contributed by atoms with Gasteiger partial charge in [-0.3, -0.25) is 14.7 Å². The number of nitrogens with zero attached hydrogens (tertiary/aromatic N) is 4. The van der Waals surface area contributed by atoms with E-state index >= 15 is 0 Å². The Kier molecular flexibility index (Phi) is 9.76. The Morgan fingerprint density at radius 2 is 1.61 bits per heavy atom. The first-order valence-corrected chi connectivity index (χ1v) is 10.9. The average molecular weight is 507 g/mol. The fourth-order valence-corrected chi connectivity index (χ4v) is 4.39. The van der Waals surface area contributed by atoms with Crippen LogP contribution in [0.1, 0.15) is 51.9 Å². The van der Waals surface area contributed by atoms with Crippen molar-refractivity contribution >= 4 is 35.8 Å². The van der Waals surface area contributed by atoms with Gasteiger partial charge >= 0.3 is 0 Å². The van der Waals surface area contributed by atoms with Crippen molar-refractivity contribution in [3.63, 3.8) is 0 Å². The summed E-state index contributed by atoms with van der Waals surface area (Å²) in [5.41, 5.74) is -0.622. The number of nitrogens with one attached hydrogen (secondary N) is 1. The molecule has 3 rings (SSSR count). The van der Waals surface area contributed by atoms with Crippen molar-refractivity contribution < 1.29 is 9.90 Å². The molecule has 3 aliphatic rings. The van der Waals surface area contributed by atoms with Gasteiger partial charge in [0.1, 0.15) is 0 Å². The fraction of sp³-hybridized carbons (Fsp3) is 0.900. The number of guanidine groups is 1. The minimum Gasteiger partial charge on any atom is -0.388 e. The molecule has 0 aromatic carbocycles. The van der Waals surface area contributed by atoms with E-state index in [-0.39, 0.29) is 29.9 Å². The van der Waals surface area contributed by atoms with E-state index in [0.29, 0.717) is 13.1 Å². The summed E-state index contributed by atoms with van der Waals surface area (Å²) in [5, 5.41) is 14.1. The number of carbonyl (C=O) groups is 1. The maximum atomic E-state index is 12.4. The van der Waals surface area contributed by atoms with Gasteiger partial charge in [0.2, 0.25) is 5.91 Å². The van der Waals surface area contributed by atoms with Crippen molar-refractivity contribution in [3.05, 3.63) is 0 Å². The highest BCUT2D eigenvalue weighted by Crippen LogP contribution is 2.28. The van der Waals surface area contributed by atoms with Gasteiger partial charge in [-0.15, -0.1) is 24.0 Å². The van der Waals surface area contributed by atoms with E-state index < -0.39 is 5.60 Å². The topological polar surface area (TPSA) is 71.4 Å². The summed E-state index contributed by atoms with van der Waals surface area (Å²) in [6, 6.07) is 0. The van der Waals surface area contributed by atoms with Crippen molar-refractivity contribution in [2.75, 3.05) is 58.9 Å². The van der Waals surface area contributed by atoms with E-state index in [0.717, 1.165) is 90.3 Å². The summed E-state index contributed by atoms with van der Waals surface area (Å²) in [4.78, 5) is 23.7. The van der Waals surface area contributed by atoms with Crippen LogP contribution in [0.15, 0.2) is 4.99 Å². The lowest BCUT2D eigenvalue weighted by molar-refractivity contribution is -0.131. The first-order valence-electron chi connectivity index (χ1n) is 10.9. The molecule has 0 unspecified atom stereocenters. The molecule has 2 heterocycles. The fourth-order valence-electron chi connectivity index (χ4n) is 4.39. The van der Waals surface area contributed by atoms with Gasteiger partial charge in [0.15, 0.2) is 5.96 Å². The van der Waals surface area contributed by atoms with Crippen LogP contribution in [0.25, 0.3) is 0 Å². The van der Waals surface area contributed by atoms with Crippen LogP contribution in [0.4, 0.5) is 0 Å². The van der Waals surface area contributed by atoms with Crippen LogP contribution < -0.4 is 5.32 Å². The van der Waals surface area contributed by atoms with Gasteiger partial charge in [-0.05, 0) is 32.6 Å². The van der Waals surface area contributed by atoms with Gasteiger partial charge in [0, 0.05) is 45.8 Å². The van der Waals surface area contributed by atoms with E-state index in [1.165, 1.54) is 6.42 Å². The van der Waals surface area contributed by atoms with Crippen molar-refractivity contribution in [2.24, 2.45) is 4.99 Å². The van der Waals surface area contributed by atoms with E-state index in [9.17, 15) is 9.90 Å². The first-order chi connectivity index (χ1) is 13.1. The number of likely N-dealkylation sites (tertiary alicyclic amines) is 1. The number of aliphatic hydroxyl groups is 1. The summed E-state index contributed by atoms with van der Waals surface area (Å²) in [7, 11) is 0. The van der Waals surface area contributed by atoms with Crippen LogP contribution in [0.2, 0.25) is 0 Å². The minimum absolute atomic E-state index is 0. The van der Waals surface area contributed by atoms with Gasteiger partial charge in [0.05, 0.1) is 18.7 Å². The van der Waals surface area contributed by atoms with Crippen LogP contribution in [-0.4, -0.2) is 96.2 Å². The third-order valence-corrected chi connectivity index (χ3v) is 6.13. The molecule has 0 aromatic heterocycles. The molecule has 1 amide bonds. The lowest BCUT2D eigenvalue weighted by Crippen LogP contribution is -2.54. The molecule has 2 N–H and O–H groups in total. The quantitative estimate of drug-likeness (QED) is 0.336. The molecule has 0 bridgehead atoms. The second-order valence-corrected chi connectivity index (χ2v) is 8.31. The predicted octanol–water partition coefficient (Wildman–Crippen LogP) is 1.51. The molecule has 28 heavy (non-hydrogen) atoms. The minimum atomic E-state index is -0.622. The number of aliphatic imine (C=N–C) groups is 1. The number of rotatable bonds is 5. The smallest absolute Gasteiger partial charge is 0.236 e. The van der Waals surface area contributed by atoms with E-state index in [2.05, 4.69) is 22.0 Å². The second kappa shape index (κ2) is 11.5. The summed E-state index contributed by atoms with van der Waals surface area (Å²) < 4.78 is 0. The molecule has 0 aromatic rings. The Morgan fingerprint density at radius 3 is 2.21 bits per heavy atom. The van der Waals surface area contributed by atoms with Crippen molar-refractivity contribution in [1.82, 2.24) is 20.0 Å². The monoisotopic (exact) mass is 507 g/mol. The maximum Gasteiger partial charge on any atom is 0.236 e. The number of amides is 1. The standard InChI is InChI=1S/C20H37N5O2.HI/c1-2-21-19(22-17-20(27)8-4-3-5-9-20)25-14-12-23(13-15-25)16-18(26)24-10-6-7-11-24;/h27H,2-17H2,1H3,(H,21,22);1H. The third-order valence-electron chi connectivity index (χ3n) is 6.13. The Hall–Kier alpha value is -0.610. The highest BCUT2D eigenvalue weighted by molar-refractivity contribution is 14.0. The molecule has 0 radical (unpaired) electrons. The van der Waals surface area contributed by atoms with E-state index in [4.69, 9.17) is 4.99 Å². The largest absolute Gasteiger partial charge is 0.388 e. The van der Waals surface area contributed by atoms with Crippen LogP contribution in [0, 0.1) is 0 Å². The highest BCUT2D eigenvalue weighted by Gasteiger charge is 2.30. The first kappa shape index (κ1) is 23.7. The summed E-state index contributed by atoms with van der Waals surface area (Å²) in [6.07, 6.45) is 7.45. The lowest BCUT2D eigenvalue weighted by Gasteiger charge is -2.37. The predicted molar refractivity (Wildman–Crippen MR) is 123 cm³/mol. The van der Waals surface area contributed by atoms with Gasteiger partial charge < -0.3 is 20.2 Å². The van der Waals surface area contributed by atoms with Gasteiger partial charge in [-0.25, -0.2) is 0 Å². The molecule has 0 spiro atoms. The Balaban J connectivity index is 0.00000280. The molecular weight excluding hydrogens is 469 g/mol. The second-order valence-electron chi connectivity index (χ2n) is 8.31. The van der Waals surface area contributed by atoms with Gasteiger partial charge in [-0.2, -0.15) is 0 Å². The van der Waals surface area contributed by atoms with Crippen LogP contribution >= 0.6 is 24.0 Å². The maximum absolute atomic E-state index is 12.4. The van der Waals surface area contributed by atoms with Gasteiger partial charge in [0.25, 0.3) is 0 Å².